The Morgan fingerprint density at radius 2 is 1.46 bits per heavy atom. The second-order valence-corrected chi connectivity index (χ2v) is 14.4. The van der Waals surface area contributed by atoms with Crippen LogP contribution in [0.1, 0.15) is 143 Å². The molecule has 260 valence electrons. The number of fused-ring (bicyclic) bond motifs is 1. The van der Waals surface area contributed by atoms with Crippen LogP contribution in [0.4, 0.5) is 0 Å². The highest BCUT2D eigenvalue weighted by Crippen LogP contribution is 2.41. The number of ketones is 3. The van der Waals surface area contributed by atoms with Crippen LogP contribution >= 0.6 is 0 Å². The molecule has 48 heavy (non-hydrogen) atoms. The Morgan fingerprint density at radius 3 is 2.06 bits per heavy atom. The first-order valence-electron chi connectivity index (χ1n) is 18.9. The van der Waals surface area contributed by atoms with Crippen molar-refractivity contribution in [2.24, 2.45) is 17.8 Å². The molecular formula is C45H62O3. The van der Waals surface area contributed by atoms with Crippen molar-refractivity contribution >= 4 is 17.3 Å². The first kappa shape index (κ1) is 39.1. The highest BCUT2D eigenvalue weighted by Gasteiger charge is 2.34. The summed E-state index contributed by atoms with van der Waals surface area (Å²) < 4.78 is 0. The minimum atomic E-state index is -0.114. The normalized spacial score (nSPS) is 15.2. The molecule has 0 saturated heterocycles. The van der Waals surface area contributed by atoms with Crippen LogP contribution in [0.25, 0.3) is 11.1 Å². The molecule has 0 aliphatic heterocycles. The van der Waals surface area contributed by atoms with Gasteiger partial charge in [0.2, 0.25) is 0 Å². The van der Waals surface area contributed by atoms with Gasteiger partial charge in [0.25, 0.3) is 0 Å². The fraction of sp³-hybridized carbons (Fsp3) is 0.533. The average Bonchev–Trinajstić information content (AvgIpc) is 3.04. The minimum Gasteiger partial charge on any atom is -0.300 e. The van der Waals surface area contributed by atoms with E-state index in [1.165, 1.54) is 52.3 Å². The van der Waals surface area contributed by atoms with E-state index < -0.39 is 0 Å². The van der Waals surface area contributed by atoms with Crippen molar-refractivity contribution in [3.63, 3.8) is 0 Å². The maximum Gasteiger partial charge on any atom is 0.163 e. The Labute approximate surface area is 292 Å². The average molecular weight is 651 g/mol. The first-order chi connectivity index (χ1) is 23.1. The molecule has 3 heteroatoms. The summed E-state index contributed by atoms with van der Waals surface area (Å²) in [5, 5.41) is 0. The summed E-state index contributed by atoms with van der Waals surface area (Å²) >= 11 is 0. The lowest BCUT2D eigenvalue weighted by atomic mass is 9.71. The molecule has 3 nitrogen and oxygen atoms in total. The molecule has 4 rings (SSSR count). The summed E-state index contributed by atoms with van der Waals surface area (Å²) in [7, 11) is 0. The fourth-order valence-electron chi connectivity index (χ4n) is 7.74. The van der Waals surface area contributed by atoms with Gasteiger partial charge >= 0.3 is 0 Å². The molecule has 0 heterocycles. The highest BCUT2D eigenvalue weighted by atomic mass is 16.1. The number of benzene rings is 3. The molecule has 0 bridgehead atoms. The number of carbonyl (C=O) groups excluding carboxylic acids is 3. The maximum atomic E-state index is 13.8. The number of carbonyl (C=O) groups is 3. The number of Topliss-reactive ketones (excluding diaryl/α,β-unsaturated/α-hetero) is 3. The van der Waals surface area contributed by atoms with E-state index in [0.29, 0.717) is 6.42 Å². The summed E-state index contributed by atoms with van der Waals surface area (Å²) in [4.78, 5) is 38.6. The monoisotopic (exact) mass is 650 g/mol. The van der Waals surface area contributed by atoms with Crippen molar-refractivity contribution in [1.82, 2.24) is 0 Å². The summed E-state index contributed by atoms with van der Waals surface area (Å²) in [6.07, 6.45) is 11.6. The van der Waals surface area contributed by atoms with Gasteiger partial charge in [-0.3, -0.25) is 14.4 Å². The van der Waals surface area contributed by atoms with Crippen LogP contribution in [0.15, 0.2) is 54.6 Å². The fourth-order valence-corrected chi connectivity index (χ4v) is 7.74. The van der Waals surface area contributed by atoms with Crippen LogP contribution in [0.3, 0.4) is 0 Å². The van der Waals surface area contributed by atoms with Crippen molar-refractivity contribution in [2.45, 2.75) is 139 Å². The largest absolute Gasteiger partial charge is 0.300 e. The molecule has 0 radical (unpaired) electrons. The summed E-state index contributed by atoms with van der Waals surface area (Å²) in [5.41, 5.74) is 11.0. The summed E-state index contributed by atoms with van der Waals surface area (Å²) in [6, 6.07) is 20.2. The standard InChI is InChI=1S/C42H54O3.C3H8/c1-7-12-35(36(9-3)40(44)23-30(6)43)24-33-26-39-37(22-17-29(5)42(39)41(45)27-33)38-25-32(20-21-34(38)8-2)14-11-10-13-31-18-15-28(4)16-19-31;1-3-2/h15-22,25,33,35-36H,7-14,23-24,26-27H2,1-6H3;3H2,1-2H3. The van der Waals surface area contributed by atoms with Gasteiger partial charge in [-0.15, -0.1) is 0 Å². The zero-order chi connectivity index (χ0) is 35.2. The van der Waals surface area contributed by atoms with E-state index in [9.17, 15) is 14.4 Å². The molecule has 0 saturated carbocycles. The quantitative estimate of drug-likeness (QED) is 0.114. The van der Waals surface area contributed by atoms with E-state index in [1.54, 1.807) is 0 Å². The number of hydrogen-bond acceptors (Lipinski definition) is 3. The molecule has 3 unspecified atom stereocenters. The predicted molar refractivity (Wildman–Crippen MR) is 203 cm³/mol. The number of rotatable bonds is 16. The molecule has 0 aromatic heterocycles. The molecule has 3 atom stereocenters. The zero-order valence-electron chi connectivity index (χ0n) is 31.3. The van der Waals surface area contributed by atoms with Crippen molar-refractivity contribution in [2.75, 3.05) is 0 Å². The molecular weight excluding hydrogens is 588 g/mol. The Kier molecular flexibility index (Phi) is 16.0. The number of aryl methyl sites for hydroxylation is 5. The third kappa shape index (κ3) is 10.8. The molecule has 1 aliphatic rings. The third-order valence-electron chi connectivity index (χ3n) is 10.1. The van der Waals surface area contributed by atoms with E-state index in [-0.39, 0.29) is 41.5 Å². The molecule has 3 aromatic rings. The van der Waals surface area contributed by atoms with E-state index in [1.807, 2.05) is 0 Å². The minimum absolute atomic E-state index is 0.0244. The SMILES string of the molecule is CCC.CCCC(CC1CC(=O)c2c(C)ccc(-c3cc(CCCCc4ccc(C)cc4)ccc3CC)c2C1)C(CC)C(=O)CC(C)=O. The molecule has 3 aromatic carbocycles. The van der Waals surface area contributed by atoms with Gasteiger partial charge in [0.15, 0.2) is 5.78 Å². The van der Waals surface area contributed by atoms with Crippen LogP contribution in [0.5, 0.6) is 0 Å². The van der Waals surface area contributed by atoms with Crippen LogP contribution in [0.2, 0.25) is 0 Å². The van der Waals surface area contributed by atoms with E-state index in [0.717, 1.165) is 75.3 Å². The van der Waals surface area contributed by atoms with Crippen molar-refractivity contribution in [1.29, 1.82) is 0 Å². The smallest absolute Gasteiger partial charge is 0.163 e. The molecule has 1 aliphatic carbocycles. The van der Waals surface area contributed by atoms with E-state index in [4.69, 9.17) is 0 Å². The maximum absolute atomic E-state index is 13.8. The van der Waals surface area contributed by atoms with Crippen LogP contribution in [0, 0.1) is 31.6 Å². The first-order valence-corrected chi connectivity index (χ1v) is 18.9. The number of unbranched alkanes of at least 4 members (excludes halogenated alkanes) is 1. The van der Waals surface area contributed by atoms with Gasteiger partial charge in [0.1, 0.15) is 11.6 Å². The second kappa shape index (κ2) is 19.6. The van der Waals surface area contributed by atoms with E-state index >= 15 is 0 Å². The van der Waals surface area contributed by atoms with Gasteiger partial charge in [-0.25, -0.2) is 0 Å². The van der Waals surface area contributed by atoms with Gasteiger partial charge in [-0.1, -0.05) is 114 Å². The van der Waals surface area contributed by atoms with Crippen molar-refractivity contribution < 1.29 is 14.4 Å². The van der Waals surface area contributed by atoms with Gasteiger partial charge in [0, 0.05) is 17.9 Å². The summed E-state index contributed by atoms with van der Waals surface area (Å²) in [5.74, 6) is 0.549. The van der Waals surface area contributed by atoms with Crippen LogP contribution < -0.4 is 0 Å². The number of hydrogen-bond donors (Lipinski definition) is 0. The Morgan fingerprint density at radius 1 is 0.812 bits per heavy atom. The zero-order valence-corrected chi connectivity index (χ0v) is 31.3. The lowest BCUT2D eigenvalue weighted by Gasteiger charge is -2.33. The third-order valence-corrected chi connectivity index (χ3v) is 10.1. The predicted octanol–water partition coefficient (Wildman–Crippen LogP) is 11.6. The molecule has 0 spiro atoms. The van der Waals surface area contributed by atoms with Gasteiger partial charge < -0.3 is 0 Å². The van der Waals surface area contributed by atoms with Crippen molar-refractivity contribution in [3.05, 3.63) is 93.5 Å². The van der Waals surface area contributed by atoms with Gasteiger partial charge in [-0.2, -0.15) is 0 Å². The van der Waals surface area contributed by atoms with Crippen LogP contribution in [-0.2, 0) is 35.3 Å². The molecule has 0 N–H and O–H groups in total. The van der Waals surface area contributed by atoms with E-state index in [2.05, 4.69) is 103 Å². The Balaban J connectivity index is 0.00000201. The van der Waals surface area contributed by atoms with Gasteiger partial charge in [0.05, 0.1) is 6.42 Å². The second-order valence-electron chi connectivity index (χ2n) is 14.4. The topological polar surface area (TPSA) is 51.2 Å². The lowest BCUT2D eigenvalue weighted by Crippen LogP contribution is -2.30. The Bertz CT molecular complexity index is 1500. The lowest BCUT2D eigenvalue weighted by molar-refractivity contribution is -0.129. The molecule has 0 amide bonds. The van der Waals surface area contributed by atoms with Crippen molar-refractivity contribution in [3.8, 4) is 11.1 Å². The van der Waals surface area contributed by atoms with Crippen LogP contribution in [-0.4, -0.2) is 17.3 Å². The molecule has 0 fully saturated rings. The van der Waals surface area contributed by atoms with Gasteiger partial charge in [-0.05, 0) is 123 Å². The Hall–Kier alpha value is -3.33. The summed E-state index contributed by atoms with van der Waals surface area (Å²) in [6.45, 7) is 16.4. The highest BCUT2D eigenvalue weighted by molar-refractivity contribution is 6.02.